The van der Waals surface area contributed by atoms with Gasteiger partial charge in [0.05, 0.1) is 11.1 Å². The van der Waals surface area contributed by atoms with E-state index in [-0.39, 0.29) is 39.5 Å². The van der Waals surface area contributed by atoms with E-state index in [1.54, 1.807) is 25.0 Å². The number of aromatic hydroxyl groups is 2. The van der Waals surface area contributed by atoms with Crippen LogP contribution >= 0.6 is 0 Å². The lowest BCUT2D eigenvalue weighted by atomic mass is 9.70. The molecular formula is C23H24N4O6. The maximum absolute atomic E-state index is 13.7. The summed E-state index contributed by atoms with van der Waals surface area (Å²) in [6, 6.07) is 0. The van der Waals surface area contributed by atoms with Crippen LogP contribution in [0.5, 0.6) is 17.2 Å². The number of phenols is 2. The summed E-state index contributed by atoms with van der Waals surface area (Å²) >= 11 is 0. The smallest absolute Gasteiger partial charge is 0.194 e. The molecule has 1 aromatic carbocycles. The van der Waals surface area contributed by atoms with E-state index in [1.807, 2.05) is 0 Å². The van der Waals surface area contributed by atoms with E-state index in [4.69, 9.17) is 4.74 Å². The summed E-state index contributed by atoms with van der Waals surface area (Å²) in [5.41, 5.74) is -1.25. The van der Waals surface area contributed by atoms with Crippen LogP contribution in [0, 0.1) is 6.92 Å². The molecule has 3 N–H and O–H groups in total. The quantitative estimate of drug-likeness (QED) is 0.349. The number of fused-ring (bicyclic) bond motifs is 3. The Hall–Kier alpha value is -3.95. The third kappa shape index (κ3) is 3.21. The highest BCUT2D eigenvalue weighted by atomic mass is 16.5. The molecule has 0 bridgehead atoms. The molecule has 172 valence electrons. The minimum absolute atomic E-state index is 0.00420. The lowest BCUT2D eigenvalue weighted by molar-refractivity contribution is -0.123. The number of Topliss-reactive ketones (excluding diaryl/α,β-unsaturated/α-hetero) is 2. The highest BCUT2D eigenvalue weighted by Crippen LogP contribution is 2.57. The lowest BCUT2D eigenvalue weighted by Crippen LogP contribution is -2.41. The van der Waals surface area contributed by atoms with Gasteiger partial charge in [0.15, 0.2) is 23.2 Å². The molecular weight excluding hydrogens is 428 g/mol. The number of ketones is 3. The van der Waals surface area contributed by atoms with Crippen LogP contribution in [0.2, 0.25) is 0 Å². The van der Waals surface area contributed by atoms with Gasteiger partial charge in [-0.05, 0) is 27.7 Å². The van der Waals surface area contributed by atoms with E-state index in [2.05, 4.69) is 15.4 Å². The third-order valence-corrected chi connectivity index (χ3v) is 6.15. The van der Waals surface area contributed by atoms with Gasteiger partial charge in [0.1, 0.15) is 40.3 Å². The first kappa shape index (κ1) is 22.3. The minimum atomic E-state index is -1.53. The Kier molecular flexibility index (Phi) is 5.11. The van der Waals surface area contributed by atoms with Gasteiger partial charge in [-0.25, -0.2) is 4.98 Å². The molecule has 0 saturated heterocycles. The summed E-state index contributed by atoms with van der Waals surface area (Å²) in [4.78, 5) is 42.9. The van der Waals surface area contributed by atoms with E-state index in [0.29, 0.717) is 24.5 Å². The zero-order valence-corrected chi connectivity index (χ0v) is 18.9. The summed E-state index contributed by atoms with van der Waals surface area (Å²) in [5.74, 6) is -1.87. The number of carbonyl (C=O) groups is 3. The normalized spacial score (nSPS) is 20.7. The van der Waals surface area contributed by atoms with E-state index in [1.165, 1.54) is 26.8 Å². The predicted molar refractivity (Wildman–Crippen MR) is 116 cm³/mol. The van der Waals surface area contributed by atoms with Crippen molar-refractivity contribution >= 4 is 17.3 Å². The number of rotatable bonds is 5. The van der Waals surface area contributed by atoms with Crippen LogP contribution in [0.1, 0.15) is 48.1 Å². The van der Waals surface area contributed by atoms with Gasteiger partial charge in [-0.1, -0.05) is 0 Å². The van der Waals surface area contributed by atoms with Crippen LogP contribution in [0.4, 0.5) is 0 Å². The van der Waals surface area contributed by atoms with Gasteiger partial charge < -0.3 is 20.3 Å². The molecule has 1 atom stereocenters. The SMILES string of the molecule is CC(=O)c1c(O)c(C)c(O)c2c1OC1=CC(=O)C(=C(C)NCCc3ncn(C)n3)C(=O)[C@@]12C. The Morgan fingerprint density at radius 2 is 1.94 bits per heavy atom. The summed E-state index contributed by atoms with van der Waals surface area (Å²) in [5, 5.41) is 28.5. The number of nitrogens with one attached hydrogen (secondary N) is 1. The number of aromatic nitrogens is 3. The topological polar surface area (TPSA) is 144 Å². The monoisotopic (exact) mass is 452 g/mol. The molecule has 4 rings (SSSR count). The summed E-state index contributed by atoms with van der Waals surface area (Å²) in [6.07, 6.45) is 3.26. The molecule has 0 unspecified atom stereocenters. The molecule has 0 spiro atoms. The second kappa shape index (κ2) is 7.58. The maximum atomic E-state index is 13.7. The number of carbonyl (C=O) groups excluding carboxylic acids is 3. The van der Waals surface area contributed by atoms with Crippen molar-refractivity contribution in [1.29, 1.82) is 0 Å². The first-order valence-electron chi connectivity index (χ1n) is 10.4. The molecule has 10 nitrogen and oxygen atoms in total. The fraction of sp³-hybridized carbons (Fsp3) is 0.348. The molecule has 0 radical (unpaired) electrons. The molecule has 0 amide bonds. The summed E-state index contributed by atoms with van der Waals surface area (Å²) in [6.45, 7) is 6.24. The molecule has 0 saturated carbocycles. The molecule has 1 aliphatic heterocycles. The average molecular weight is 452 g/mol. The van der Waals surface area contributed by atoms with Gasteiger partial charge in [-0.3, -0.25) is 19.1 Å². The molecule has 33 heavy (non-hydrogen) atoms. The highest BCUT2D eigenvalue weighted by molar-refractivity contribution is 6.31. The van der Waals surface area contributed by atoms with Crippen LogP contribution in [0.25, 0.3) is 0 Å². The molecule has 1 aliphatic carbocycles. The van der Waals surface area contributed by atoms with E-state index >= 15 is 0 Å². The van der Waals surface area contributed by atoms with Gasteiger partial charge >= 0.3 is 0 Å². The van der Waals surface area contributed by atoms with Crippen molar-refractivity contribution in [2.24, 2.45) is 7.05 Å². The summed E-state index contributed by atoms with van der Waals surface area (Å²) in [7, 11) is 1.76. The van der Waals surface area contributed by atoms with Gasteiger partial charge in [0, 0.05) is 37.3 Å². The van der Waals surface area contributed by atoms with Crippen molar-refractivity contribution in [1.82, 2.24) is 20.1 Å². The van der Waals surface area contributed by atoms with Crippen molar-refractivity contribution in [3.8, 4) is 17.2 Å². The van der Waals surface area contributed by atoms with E-state index in [9.17, 15) is 24.6 Å². The van der Waals surface area contributed by atoms with E-state index < -0.39 is 28.5 Å². The zero-order valence-electron chi connectivity index (χ0n) is 18.9. The predicted octanol–water partition coefficient (Wildman–Crippen LogP) is 1.53. The Morgan fingerprint density at radius 1 is 1.24 bits per heavy atom. The van der Waals surface area contributed by atoms with Crippen LogP contribution in [-0.4, -0.2) is 48.9 Å². The largest absolute Gasteiger partial charge is 0.507 e. The van der Waals surface area contributed by atoms with Gasteiger partial charge in [-0.15, -0.1) is 0 Å². The van der Waals surface area contributed by atoms with Crippen LogP contribution in [0.3, 0.4) is 0 Å². The van der Waals surface area contributed by atoms with Crippen molar-refractivity contribution < 1.29 is 29.3 Å². The lowest BCUT2D eigenvalue weighted by Gasteiger charge is -2.29. The van der Waals surface area contributed by atoms with Crippen molar-refractivity contribution in [2.75, 3.05) is 6.54 Å². The van der Waals surface area contributed by atoms with Crippen LogP contribution in [0.15, 0.2) is 29.4 Å². The molecule has 1 aromatic heterocycles. The van der Waals surface area contributed by atoms with Crippen LogP contribution in [-0.2, 0) is 28.5 Å². The zero-order chi connectivity index (χ0) is 24.2. The number of phenolic OH excluding ortho intramolecular Hbond substituents is 2. The molecule has 0 fully saturated rings. The summed E-state index contributed by atoms with van der Waals surface area (Å²) < 4.78 is 7.33. The second-order valence-corrected chi connectivity index (χ2v) is 8.40. The number of nitrogens with zero attached hydrogens (tertiary/aromatic N) is 3. The first-order valence-corrected chi connectivity index (χ1v) is 10.4. The van der Waals surface area contributed by atoms with E-state index in [0.717, 1.165) is 0 Å². The first-order chi connectivity index (χ1) is 15.5. The molecule has 2 aliphatic rings. The Morgan fingerprint density at radius 3 is 2.55 bits per heavy atom. The fourth-order valence-electron chi connectivity index (χ4n) is 4.31. The van der Waals surface area contributed by atoms with Crippen molar-refractivity contribution in [3.05, 3.63) is 51.9 Å². The number of ether oxygens (including phenoxy) is 1. The van der Waals surface area contributed by atoms with Crippen molar-refractivity contribution in [3.63, 3.8) is 0 Å². The molecule has 2 aromatic rings. The second-order valence-electron chi connectivity index (χ2n) is 8.40. The van der Waals surface area contributed by atoms with Gasteiger partial charge in [0.2, 0.25) is 0 Å². The van der Waals surface area contributed by atoms with Crippen LogP contribution < -0.4 is 10.1 Å². The molecule has 2 heterocycles. The minimum Gasteiger partial charge on any atom is -0.507 e. The Bertz CT molecular complexity index is 1300. The van der Waals surface area contributed by atoms with Gasteiger partial charge in [0.25, 0.3) is 0 Å². The van der Waals surface area contributed by atoms with Crippen molar-refractivity contribution in [2.45, 2.75) is 39.5 Å². The Balaban J connectivity index is 1.76. The maximum Gasteiger partial charge on any atom is 0.194 e. The number of hydrogen-bond donors (Lipinski definition) is 3. The highest BCUT2D eigenvalue weighted by Gasteiger charge is 2.56. The number of hydrogen-bond acceptors (Lipinski definition) is 9. The average Bonchev–Trinajstić information content (AvgIpc) is 3.27. The number of aryl methyl sites for hydroxylation is 1. The fourth-order valence-corrected chi connectivity index (χ4v) is 4.31. The standard InChI is InChI=1S/C23H24N4O6/c1-10-19(30)17(12(3)28)21-18(20(10)31)23(4)14(33-21)8-13(29)16(22(23)32)11(2)24-7-6-15-25-9-27(5)26-15/h8-9,24,30-31H,6-7H2,1-5H3/t23-/m0/s1. The molecule has 10 heteroatoms. The Labute approximate surface area is 189 Å². The number of allylic oxidation sites excluding steroid dienone is 4. The third-order valence-electron chi connectivity index (χ3n) is 6.15. The van der Waals surface area contributed by atoms with Gasteiger partial charge in [-0.2, -0.15) is 5.10 Å². The number of benzene rings is 1.